The Kier molecular flexibility index (Phi) is 3.87. The van der Waals surface area contributed by atoms with Crippen molar-refractivity contribution in [1.82, 2.24) is 19.6 Å². The third kappa shape index (κ3) is 2.76. The number of ether oxygens (including phenoxy) is 1. The van der Waals surface area contributed by atoms with Gasteiger partial charge in [-0.1, -0.05) is 11.8 Å². The second-order valence-corrected chi connectivity index (χ2v) is 5.54. The zero-order valence-corrected chi connectivity index (χ0v) is 12.4. The molecular weight excluding hydrogens is 292 g/mol. The van der Waals surface area contributed by atoms with Gasteiger partial charge in [0.1, 0.15) is 0 Å². The summed E-state index contributed by atoms with van der Waals surface area (Å²) in [5.74, 6) is 0.412. The first-order chi connectivity index (χ1) is 10.2. The monoisotopic (exact) mass is 306 g/mol. The lowest BCUT2D eigenvalue weighted by molar-refractivity contribution is -0.139. The predicted molar refractivity (Wildman–Crippen MR) is 75.4 cm³/mol. The highest BCUT2D eigenvalue weighted by Gasteiger charge is 2.22. The second kappa shape index (κ2) is 5.80. The van der Waals surface area contributed by atoms with E-state index in [1.165, 1.54) is 11.8 Å². The summed E-state index contributed by atoms with van der Waals surface area (Å²) in [7, 11) is 0. The highest BCUT2D eigenvalue weighted by atomic mass is 32.2. The highest BCUT2D eigenvalue weighted by Crippen LogP contribution is 2.22. The van der Waals surface area contributed by atoms with Crippen molar-refractivity contribution >= 4 is 29.3 Å². The first-order valence-electron chi connectivity index (χ1n) is 6.75. The maximum absolute atomic E-state index is 11.9. The Morgan fingerprint density at radius 1 is 1.48 bits per heavy atom. The van der Waals surface area contributed by atoms with E-state index in [0.717, 1.165) is 18.5 Å². The standard InChI is InChI=1S/C13H14N4O3S/c1-2-20-11(19)7-21-13-15-12-14-6-8-9(17(12)16-13)4-3-5-10(8)18/h6H,2-5,7H2,1H3. The third-order valence-electron chi connectivity index (χ3n) is 3.19. The van der Waals surface area contributed by atoms with Crippen molar-refractivity contribution in [2.75, 3.05) is 12.4 Å². The molecule has 0 N–H and O–H groups in total. The van der Waals surface area contributed by atoms with Gasteiger partial charge in [0.25, 0.3) is 5.78 Å². The molecule has 1 aliphatic rings. The van der Waals surface area contributed by atoms with Crippen molar-refractivity contribution in [3.05, 3.63) is 17.5 Å². The largest absolute Gasteiger partial charge is 0.465 e. The highest BCUT2D eigenvalue weighted by molar-refractivity contribution is 7.99. The number of aryl methyl sites for hydroxylation is 1. The zero-order valence-electron chi connectivity index (χ0n) is 11.5. The van der Waals surface area contributed by atoms with Gasteiger partial charge in [0, 0.05) is 12.6 Å². The van der Waals surface area contributed by atoms with Crippen LogP contribution in [0.2, 0.25) is 0 Å². The molecule has 2 heterocycles. The molecule has 1 aliphatic carbocycles. The van der Waals surface area contributed by atoms with Crippen molar-refractivity contribution in [3.8, 4) is 0 Å². The van der Waals surface area contributed by atoms with E-state index in [1.54, 1.807) is 17.6 Å². The van der Waals surface area contributed by atoms with Crippen LogP contribution < -0.4 is 0 Å². The normalized spacial score (nSPS) is 14.2. The summed E-state index contributed by atoms with van der Waals surface area (Å²) in [6.07, 6.45) is 3.72. The Morgan fingerprint density at radius 2 is 2.33 bits per heavy atom. The molecule has 0 spiro atoms. The van der Waals surface area contributed by atoms with Crippen LogP contribution in [-0.4, -0.2) is 43.7 Å². The van der Waals surface area contributed by atoms with Gasteiger partial charge in [-0.15, -0.1) is 5.10 Å². The molecule has 0 fully saturated rings. The summed E-state index contributed by atoms with van der Waals surface area (Å²) in [5.41, 5.74) is 1.48. The minimum Gasteiger partial charge on any atom is -0.465 e. The van der Waals surface area contributed by atoms with Crippen LogP contribution in [0.15, 0.2) is 11.4 Å². The van der Waals surface area contributed by atoms with Gasteiger partial charge in [-0.05, 0) is 19.8 Å². The molecule has 2 aromatic heterocycles. The molecule has 0 atom stereocenters. The van der Waals surface area contributed by atoms with Gasteiger partial charge in [0.2, 0.25) is 5.16 Å². The van der Waals surface area contributed by atoms with Gasteiger partial charge in [-0.25, -0.2) is 4.98 Å². The van der Waals surface area contributed by atoms with E-state index in [-0.39, 0.29) is 17.5 Å². The van der Waals surface area contributed by atoms with E-state index in [4.69, 9.17) is 4.74 Å². The number of carbonyl (C=O) groups is 2. The summed E-state index contributed by atoms with van der Waals surface area (Å²) in [6.45, 7) is 2.12. The number of ketones is 1. The van der Waals surface area contributed by atoms with Crippen molar-refractivity contribution in [3.63, 3.8) is 0 Å². The fourth-order valence-corrected chi connectivity index (χ4v) is 2.89. The van der Waals surface area contributed by atoms with E-state index in [0.29, 0.717) is 29.5 Å². The number of nitrogens with zero attached hydrogens (tertiary/aromatic N) is 4. The van der Waals surface area contributed by atoms with Crippen LogP contribution in [0.5, 0.6) is 0 Å². The maximum Gasteiger partial charge on any atom is 0.316 e. The van der Waals surface area contributed by atoms with Gasteiger partial charge in [-0.2, -0.15) is 9.50 Å². The zero-order chi connectivity index (χ0) is 14.8. The number of hydrogen-bond donors (Lipinski definition) is 0. The summed E-state index contributed by atoms with van der Waals surface area (Å²) < 4.78 is 6.47. The first kappa shape index (κ1) is 14.0. The molecule has 0 unspecified atom stereocenters. The predicted octanol–water partition coefficient (Wildman–Crippen LogP) is 1.30. The molecule has 2 aromatic rings. The van der Waals surface area contributed by atoms with Crippen LogP contribution in [0, 0.1) is 0 Å². The van der Waals surface area contributed by atoms with Crippen LogP contribution in [0.3, 0.4) is 0 Å². The Bertz CT molecular complexity index is 713. The number of aromatic nitrogens is 4. The topological polar surface area (TPSA) is 86.4 Å². The number of thioether (sulfide) groups is 1. The lowest BCUT2D eigenvalue weighted by Gasteiger charge is -2.13. The third-order valence-corrected chi connectivity index (χ3v) is 4.00. The lowest BCUT2D eigenvalue weighted by Crippen LogP contribution is -2.16. The van der Waals surface area contributed by atoms with Crippen LogP contribution in [0.1, 0.15) is 35.8 Å². The molecule has 3 rings (SSSR count). The SMILES string of the molecule is CCOC(=O)CSc1nc2ncc3c(n2n1)CCCC3=O. The Labute approximate surface area is 125 Å². The van der Waals surface area contributed by atoms with Crippen molar-refractivity contribution < 1.29 is 14.3 Å². The molecular formula is C13H14N4O3S. The Morgan fingerprint density at radius 3 is 3.14 bits per heavy atom. The van der Waals surface area contributed by atoms with Gasteiger partial charge in [-0.3, -0.25) is 9.59 Å². The lowest BCUT2D eigenvalue weighted by atomic mass is 9.96. The Balaban J connectivity index is 1.87. The molecule has 8 heteroatoms. The Hall–Kier alpha value is -1.96. The summed E-state index contributed by atoms with van der Waals surface area (Å²) in [4.78, 5) is 31.6. The van der Waals surface area contributed by atoms with Gasteiger partial charge in [0.05, 0.1) is 23.6 Å². The smallest absolute Gasteiger partial charge is 0.316 e. The van der Waals surface area contributed by atoms with E-state index in [9.17, 15) is 9.59 Å². The van der Waals surface area contributed by atoms with Crippen molar-refractivity contribution in [1.29, 1.82) is 0 Å². The number of hydrogen-bond acceptors (Lipinski definition) is 7. The fraction of sp³-hybridized carbons (Fsp3) is 0.462. The number of Topliss-reactive ketones (excluding diaryl/α,β-unsaturated/α-hetero) is 1. The van der Waals surface area contributed by atoms with Gasteiger partial charge >= 0.3 is 5.97 Å². The van der Waals surface area contributed by atoms with Crippen molar-refractivity contribution in [2.45, 2.75) is 31.3 Å². The summed E-state index contributed by atoms with van der Waals surface area (Å²) in [6, 6.07) is 0. The average Bonchev–Trinajstić information content (AvgIpc) is 2.89. The number of fused-ring (bicyclic) bond motifs is 3. The van der Waals surface area contributed by atoms with Crippen LogP contribution in [0.25, 0.3) is 5.78 Å². The van der Waals surface area contributed by atoms with Crippen molar-refractivity contribution in [2.24, 2.45) is 0 Å². The first-order valence-corrected chi connectivity index (χ1v) is 7.74. The summed E-state index contributed by atoms with van der Waals surface area (Å²) in [5, 5.41) is 4.80. The molecule has 0 bridgehead atoms. The maximum atomic E-state index is 11.9. The van der Waals surface area contributed by atoms with Crippen LogP contribution in [0.4, 0.5) is 0 Å². The minimum absolute atomic E-state index is 0.0990. The minimum atomic E-state index is -0.300. The number of carbonyl (C=O) groups excluding carboxylic acids is 2. The fourth-order valence-electron chi connectivity index (χ4n) is 2.27. The molecule has 0 aliphatic heterocycles. The molecule has 110 valence electrons. The molecule has 21 heavy (non-hydrogen) atoms. The molecule has 7 nitrogen and oxygen atoms in total. The molecule has 0 radical (unpaired) electrons. The van der Waals surface area contributed by atoms with E-state index >= 15 is 0 Å². The quantitative estimate of drug-likeness (QED) is 0.621. The average molecular weight is 306 g/mol. The van der Waals surface area contributed by atoms with E-state index in [1.807, 2.05) is 0 Å². The number of esters is 1. The van der Waals surface area contributed by atoms with E-state index in [2.05, 4.69) is 15.1 Å². The number of rotatable bonds is 4. The van der Waals surface area contributed by atoms with Gasteiger partial charge in [0.15, 0.2) is 5.78 Å². The second-order valence-electron chi connectivity index (χ2n) is 4.60. The van der Waals surface area contributed by atoms with Crippen LogP contribution in [-0.2, 0) is 16.0 Å². The molecule has 0 saturated heterocycles. The summed E-state index contributed by atoms with van der Waals surface area (Å²) >= 11 is 1.20. The molecule has 0 saturated carbocycles. The van der Waals surface area contributed by atoms with Gasteiger partial charge < -0.3 is 4.74 Å². The van der Waals surface area contributed by atoms with E-state index < -0.39 is 0 Å². The van der Waals surface area contributed by atoms with Crippen LogP contribution >= 0.6 is 11.8 Å². The molecule has 0 amide bonds. The molecule has 0 aromatic carbocycles.